The Morgan fingerprint density at radius 3 is 2.81 bits per heavy atom. The van der Waals surface area contributed by atoms with E-state index in [0.29, 0.717) is 26.0 Å². The third-order valence-corrected chi connectivity index (χ3v) is 6.45. The molecule has 0 aromatic rings. The number of fused-ring (bicyclic) bond motifs is 1. The Morgan fingerprint density at radius 1 is 1.33 bits per heavy atom. The molecule has 1 saturated heterocycles. The van der Waals surface area contributed by atoms with Crippen molar-refractivity contribution in [3.05, 3.63) is 0 Å². The maximum atomic E-state index is 13.9. The van der Waals surface area contributed by atoms with Crippen molar-refractivity contribution in [3.63, 3.8) is 0 Å². The lowest BCUT2D eigenvalue weighted by Crippen LogP contribution is -2.66. The van der Waals surface area contributed by atoms with Crippen molar-refractivity contribution in [3.8, 4) is 6.07 Å². The van der Waals surface area contributed by atoms with Crippen LogP contribution >= 0.6 is 0 Å². The summed E-state index contributed by atoms with van der Waals surface area (Å²) in [5.74, 6) is 0.0191. The summed E-state index contributed by atoms with van der Waals surface area (Å²) in [5, 5.41) is 19.9. The number of carbonyl (C=O) groups is 1. The van der Waals surface area contributed by atoms with Crippen LogP contribution in [0.15, 0.2) is 0 Å². The first-order valence-electron chi connectivity index (χ1n) is 10.4. The highest BCUT2D eigenvalue weighted by atomic mass is 19.1. The number of alkyl halides is 1. The fourth-order valence-electron chi connectivity index (χ4n) is 5.26. The fourth-order valence-corrected chi connectivity index (χ4v) is 5.26. The zero-order chi connectivity index (χ0) is 19.4. The minimum Gasteiger partial charge on any atom is -0.376 e. The van der Waals surface area contributed by atoms with Crippen molar-refractivity contribution in [1.82, 2.24) is 16.0 Å². The molecule has 2 saturated carbocycles. The van der Waals surface area contributed by atoms with E-state index in [9.17, 15) is 14.4 Å². The van der Waals surface area contributed by atoms with Crippen LogP contribution in [0.3, 0.4) is 0 Å². The van der Waals surface area contributed by atoms with E-state index in [4.69, 9.17) is 4.74 Å². The molecule has 0 bridgehead atoms. The van der Waals surface area contributed by atoms with Crippen molar-refractivity contribution < 1.29 is 13.9 Å². The van der Waals surface area contributed by atoms with Gasteiger partial charge in [0.1, 0.15) is 6.17 Å². The summed E-state index contributed by atoms with van der Waals surface area (Å²) in [7, 11) is 0. The summed E-state index contributed by atoms with van der Waals surface area (Å²) < 4.78 is 19.8. The molecule has 27 heavy (non-hydrogen) atoms. The van der Waals surface area contributed by atoms with Crippen molar-refractivity contribution in [2.24, 2.45) is 11.8 Å². The van der Waals surface area contributed by atoms with Crippen LogP contribution in [-0.4, -0.2) is 55.5 Å². The molecule has 3 N–H and O–H groups in total. The summed E-state index contributed by atoms with van der Waals surface area (Å²) in [4.78, 5) is 11.7. The molecule has 8 atom stereocenters. The average Bonchev–Trinajstić information content (AvgIpc) is 2.62. The van der Waals surface area contributed by atoms with E-state index < -0.39 is 6.17 Å². The van der Waals surface area contributed by atoms with Crippen LogP contribution in [0.5, 0.6) is 0 Å². The normalized spacial score (nSPS) is 42.0. The van der Waals surface area contributed by atoms with E-state index in [1.54, 1.807) is 0 Å². The lowest BCUT2D eigenvalue weighted by molar-refractivity contribution is -0.122. The molecule has 3 fully saturated rings. The smallest absolute Gasteiger partial charge is 0.217 e. The predicted molar refractivity (Wildman–Crippen MR) is 101 cm³/mol. The molecule has 0 aromatic heterocycles. The number of rotatable bonds is 5. The largest absolute Gasteiger partial charge is 0.376 e. The second kappa shape index (κ2) is 9.31. The number of nitriles is 1. The van der Waals surface area contributed by atoms with E-state index in [0.717, 1.165) is 25.7 Å². The van der Waals surface area contributed by atoms with Crippen molar-refractivity contribution >= 4 is 5.91 Å². The summed E-state index contributed by atoms with van der Waals surface area (Å²) in [6.07, 6.45) is 3.88. The van der Waals surface area contributed by atoms with Gasteiger partial charge in [-0.25, -0.2) is 4.39 Å². The highest BCUT2D eigenvalue weighted by Crippen LogP contribution is 2.36. The lowest BCUT2D eigenvalue weighted by Gasteiger charge is -2.50. The molecule has 1 amide bonds. The van der Waals surface area contributed by atoms with Gasteiger partial charge >= 0.3 is 0 Å². The molecule has 0 spiro atoms. The topological polar surface area (TPSA) is 86.2 Å². The minimum atomic E-state index is -0.741. The number of hydrogen-bond donors (Lipinski definition) is 3. The van der Waals surface area contributed by atoms with Gasteiger partial charge in [0, 0.05) is 38.2 Å². The number of halogens is 1. The molecule has 3 rings (SSSR count). The van der Waals surface area contributed by atoms with Gasteiger partial charge in [0.05, 0.1) is 24.1 Å². The zero-order valence-corrected chi connectivity index (χ0v) is 16.4. The molecule has 6 nitrogen and oxygen atoms in total. The monoisotopic (exact) mass is 380 g/mol. The van der Waals surface area contributed by atoms with E-state index in [1.807, 2.05) is 6.92 Å². The number of nitrogens with zero attached hydrogens (tertiary/aromatic N) is 1. The van der Waals surface area contributed by atoms with Crippen molar-refractivity contribution in [2.45, 2.75) is 88.8 Å². The first-order valence-corrected chi connectivity index (χ1v) is 10.4. The summed E-state index contributed by atoms with van der Waals surface area (Å²) in [6, 6.07) is 2.80. The van der Waals surface area contributed by atoms with Crippen LogP contribution in [0, 0.1) is 23.2 Å². The Kier molecular flexibility index (Phi) is 7.07. The van der Waals surface area contributed by atoms with E-state index in [2.05, 4.69) is 22.0 Å². The lowest BCUT2D eigenvalue weighted by atomic mass is 9.69. The average molecular weight is 381 g/mol. The first kappa shape index (κ1) is 20.5. The molecule has 0 radical (unpaired) electrons. The number of hydrogen-bond acceptors (Lipinski definition) is 5. The van der Waals surface area contributed by atoms with Gasteiger partial charge in [-0.15, -0.1) is 0 Å². The standard InChI is InChI=1S/C20H33FN4O2/c1-3-27-19-9-17-16(8-18(19)24-12(2)26)20(13(10-22)11-23-17)25-15-6-4-5-14(21)7-15/h13-20,23,25H,3-9,11H2,1-2H3,(H,24,26). The van der Waals surface area contributed by atoms with Gasteiger partial charge in [0.25, 0.3) is 0 Å². The number of piperidine rings is 1. The number of ether oxygens (including phenoxy) is 1. The Bertz CT molecular complexity index is 555. The molecule has 1 heterocycles. The summed E-state index contributed by atoms with van der Waals surface area (Å²) in [5.41, 5.74) is 0. The maximum Gasteiger partial charge on any atom is 0.217 e. The highest BCUT2D eigenvalue weighted by Gasteiger charge is 2.47. The van der Waals surface area contributed by atoms with Gasteiger partial charge in [-0.1, -0.05) is 0 Å². The number of carbonyl (C=O) groups excluding carboxylic acids is 1. The molecule has 2 aliphatic carbocycles. The third-order valence-electron chi connectivity index (χ3n) is 6.45. The van der Waals surface area contributed by atoms with Gasteiger partial charge in [-0.2, -0.15) is 5.26 Å². The maximum absolute atomic E-state index is 13.9. The Labute approximate surface area is 161 Å². The van der Waals surface area contributed by atoms with E-state index in [-0.39, 0.29) is 48.0 Å². The SMILES string of the molecule is CCOC1CC2NCC(C#N)C(NC3CCCC(F)C3)C2CC1NC(C)=O. The number of nitrogens with one attached hydrogen (secondary N) is 3. The molecular weight excluding hydrogens is 347 g/mol. The van der Waals surface area contributed by atoms with Gasteiger partial charge in [-0.05, 0) is 51.4 Å². The Balaban J connectivity index is 1.74. The van der Waals surface area contributed by atoms with Crippen LogP contribution < -0.4 is 16.0 Å². The quantitative estimate of drug-likeness (QED) is 0.675. The van der Waals surface area contributed by atoms with Crippen LogP contribution in [-0.2, 0) is 9.53 Å². The molecule has 8 unspecified atom stereocenters. The second-order valence-corrected chi connectivity index (χ2v) is 8.34. The Hall–Kier alpha value is -1.23. The highest BCUT2D eigenvalue weighted by molar-refractivity contribution is 5.73. The van der Waals surface area contributed by atoms with Crippen molar-refractivity contribution in [2.75, 3.05) is 13.2 Å². The molecular formula is C20H33FN4O2. The van der Waals surface area contributed by atoms with Gasteiger partial charge in [-0.3, -0.25) is 4.79 Å². The van der Waals surface area contributed by atoms with Crippen LogP contribution in [0.2, 0.25) is 0 Å². The predicted octanol–water partition coefficient (Wildman–Crippen LogP) is 1.66. The molecule has 152 valence electrons. The first-order chi connectivity index (χ1) is 13.0. The zero-order valence-electron chi connectivity index (χ0n) is 16.4. The van der Waals surface area contributed by atoms with Gasteiger partial charge < -0.3 is 20.7 Å². The van der Waals surface area contributed by atoms with Gasteiger partial charge in [0.15, 0.2) is 0 Å². The third kappa shape index (κ3) is 4.98. The Morgan fingerprint density at radius 2 is 2.15 bits per heavy atom. The van der Waals surface area contributed by atoms with Crippen LogP contribution in [0.25, 0.3) is 0 Å². The fraction of sp³-hybridized carbons (Fsp3) is 0.900. The molecule has 0 aromatic carbocycles. The summed E-state index contributed by atoms with van der Waals surface area (Å²) >= 11 is 0. The van der Waals surface area contributed by atoms with E-state index >= 15 is 0 Å². The molecule has 7 heteroatoms. The van der Waals surface area contributed by atoms with Crippen LogP contribution in [0.1, 0.15) is 52.4 Å². The van der Waals surface area contributed by atoms with Gasteiger partial charge in [0.2, 0.25) is 5.91 Å². The van der Waals surface area contributed by atoms with Crippen LogP contribution in [0.4, 0.5) is 4.39 Å². The minimum absolute atomic E-state index is 0.0168. The second-order valence-electron chi connectivity index (χ2n) is 8.34. The number of amides is 1. The van der Waals surface area contributed by atoms with E-state index in [1.165, 1.54) is 6.92 Å². The van der Waals surface area contributed by atoms with Crippen molar-refractivity contribution in [1.29, 1.82) is 5.26 Å². The molecule has 1 aliphatic heterocycles. The summed E-state index contributed by atoms with van der Waals surface area (Å²) in [6.45, 7) is 4.76. The molecule has 3 aliphatic rings.